The van der Waals surface area contributed by atoms with Crippen LogP contribution >= 0.6 is 11.3 Å². The molecule has 6 heteroatoms. The molecule has 0 radical (unpaired) electrons. The van der Waals surface area contributed by atoms with Gasteiger partial charge in [0.1, 0.15) is 16.9 Å². The second-order valence-electron chi connectivity index (χ2n) is 6.81. The quantitative estimate of drug-likeness (QED) is 0.564. The van der Waals surface area contributed by atoms with E-state index in [1.54, 1.807) is 5.51 Å². The van der Waals surface area contributed by atoms with Gasteiger partial charge in [-0.1, -0.05) is 6.07 Å². The number of nitriles is 1. The van der Waals surface area contributed by atoms with Crippen molar-refractivity contribution in [1.82, 2.24) is 4.98 Å². The molecule has 0 saturated heterocycles. The summed E-state index contributed by atoms with van der Waals surface area (Å²) in [7, 11) is 0. The summed E-state index contributed by atoms with van der Waals surface area (Å²) in [4.78, 5) is 4.27. The minimum Gasteiger partial charge on any atom is -0.486 e. The SMILES string of the molecule is Cc1ncsc1Nc1cc(O[C@H]2CCCc3cc(C#N)ccc32)ccc1C=N. The second kappa shape index (κ2) is 7.83. The van der Waals surface area contributed by atoms with Crippen LogP contribution in [0, 0.1) is 23.7 Å². The molecule has 140 valence electrons. The third-order valence-corrected chi connectivity index (χ3v) is 5.83. The summed E-state index contributed by atoms with van der Waals surface area (Å²) >= 11 is 1.53. The van der Waals surface area contributed by atoms with E-state index < -0.39 is 0 Å². The molecule has 3 aromatic rings. The highest BCUT2D eigenvalue weighted by Gasteiger charge is 2.22. The minimum absolute atomic E-state index is 0.0275. The Morgan fingerprint density at radius 3 is 2.96 bits per heavy atom. The number of thiazole rings is 1. The van der Waals surface area contributed by atoms with E-state index in [1.807, 2.05) is 43.3 Å². The summed E-state index contributed by atoms with van der Waals surface area (Å²) in [6, 6.07) is 13.8. The Bertz CT molecular complexity index is 1070. The van der Waals surface area contributed by atoms with Gasteiger partial charge in [0.2, 0.25) is 0 Å². The fraction of sp³-hybridized carbons (Fsp3) is 0.227. The average molecular weight is 388 g/mol. The summed E-state index contributed by atoms with van der Waals surface area (Å²) in [5, 5.41) is 21.2. The van der Waals surface area contributed by atoms with Crippen molar-refractivity contribution in [2.24, 2.45) is 0 Å². The zero-order chi connectivity index (χ0) is 19.5. The Hall–Kier alpha value is -3.17. The van der Waals surface area contributed by atoms with Crippen LogP contribution in [0.4, 0.5) is 10.7 Å². The lowest BCUT2D eigenvalue weighted by Gasteiger charge is -2.27. The zero-order valence-corrected chi connectivity index (χ0v) is 16.3. The molecule has 0 aliphatic heterocycles. The van der Waals surface area contributed by atoms with E-state index in [2.05, 4.69) is 16.4 Å². The largest absolute Gasteiger partial charge is 0.486 e. The standard InChI is InChI=1S/C22H20N4OS/c1-14-22(28-13-25-14)26-20-10-18(7-6-17(20)12-24)27-21-4-2-3-16-9-15(11-23)5-8-19(16)21/h5-10,12-13,21,24,26H,2-4H2,1H3/t21-/m0/s1. The fourth-order valence-electron chi connectivity index (χ4n) is 3.51. The molecule has 0 bridgehead atoms. The maximum absolute atomic E-state index is 9.14. The first-order chi connectivity index (χ1) is 13.7. The van der Waals surface area contributed by atoms with E-state index >= 15 is 0 Å². The van der Waals surface area contributed by atoms with E-state index in [1.165, 1.54) is 23.1 Å². The Kier molecular flexibility index (Phi) is 5.09. The first kappa shape index (κ1) is 18.2. The van der Waals surface area contributed by atoms with E-state index in [-0.39, 0.29) is 6.10 Å². The summed E-state index contributed by atoms with van der Waals surface area (Å²) in [6.07, 6.45) is 4.27. The lowest BCUT2D eigenvalue weighted by molar-refractivity contribution is 0.183. The van der Waals surface area contributed by atoms with Crippen LogP contribution in [0.15, 0.2) is 41.9 Å². The van der Waals surface area contributed by atoms with Crippen LogP contribution in [0.1, 0.15) is 46.9 Å². The Balaban J connectivity index is 1.61. The summed E-state index contributed by atoms with van der Waals surface area (Å²) in [5.74, 6) is 0.762. The summed E-state index contributed by atoms with van der Waals surface area (Å²) in [5.41, 5.74) is 7.41. The maximum atomic E-state index is 9.14. The van der Waals surface area contributed by atoms with Crippen molar-refractivity contribution < 1.29 is 4.74 Å². The van der Waals surface area contributed by atoms with Gasteiger partial charge in [-0.2, -0.15) is 5.26 Å². The van der Waals surface area contributed by atoms with Crippen LogP contribution in [0.25, 0.3) is 0 Å². The van der Waals surface area contributed by atoms with Gasteiger partial charge in [0.15, 0.2) is 0 Å². The third-order valence-electron chi connectivity index (χ3n) is 4.98. The minimum atomic E-state index is -0.0275. The first-order valence-electron chi connectivity index (χ1n) is 9.19. The van der Waals surface area contributed by atoms with Gasteiger partial charge in [0, 0.05) is 17.8 Å². The third kappa shape index (κ3) is 3.62. The number of fused-ring (bicyclic) bond motifs is 1. The molecule has 2 N–H and O–H groups in total. The van der Waals surface area contributed by atoms with E-state index in [0.717, 1.165) is 52.5 Å². The number of benzene rings is 2. The van der Waals surface area contributed by atoms with Gasteiger partial charge in [-0.05, 0) is 61.6 Å². The number of nitrogens with one attached hydrogen (secondary N) is 2. The highest BCUT2D eigenvalue weighted by molar-refractivity contribution is 7.14. The topological polar surface area (TPSA) is 81.8 Å². The molecule has 5 nitrogen and oxygen atoms in total. The van der Waals surface area contributed by atoms with Crippen LogP contribution in [-0.4, -0.2) is 11.2 Å². The lowest BCUT2D eigenvalue weighted by Crippen LogP contribution is -2.15. The second-order valence-corrected chi connectivity index (χ2v) is 7.66. The van der Waals surface area contributed by atoms with Crippen LogP contribution in [-0.2, 0) is 6.42 Å². The van der Waals surface area contributed by atoms with Gasteiger partial charge < -0.3 is 15.5 Å². The normalized spacial score (nSPS) is 15.4. The molecule has 4 rings (SSSR count). The van der Waals surface area contributed by atoms with Gasteiger partial charge in [0.25, 0.3) is 0 Å². The molecule has 1 heterocycles. The van der Waals surface area contributed by atoms with E-state index in [0.29, 0.717) is 5.56 Å². The van der Waals surface area contributed by atoms with Gasteiger partial charge in [-0.15, -0.1) is 11.3 Å². The molecule has 0 amide bonds. The summed E-state index contributed by atoms with van der Waals surface area (Å²) < 4.78 is 6.33. The number of hydrogen-bond donors (Lipinski definition) is 2. The molecule has 28 heavy (non-hydrogen) atoms. The van der Waals surface area contributed by atoms with Crippen molar-refractivity contribution in [3.8, 4) is 11.8 Å². The smallest absolute Gasteiger partial charge is 0.124 e. The molecule has 0 fully saturated rings. The molecule has 1 aliphatic carbocycles. The highest BCUT2D eigenvalue weighted by atomic mass is 32.1. The summed E-state index contributed by atoms with van der Waals surface area (Å²) in [6.45, 7) is 1.96. The number of nitrogens with zero attached hydrogens (tertiary/aromatic N) is 2. The fourth-order valence-corrected chi connectivity index (χ4v) is 4.22. The average Bonchev–Trinajstić information content (AvgIpc) is 3.12. The molecule has 1 aromatic heterocycles. The van der Waals surface area contributed by atoms with Crippen LogP contribution in [0.5, 0.6) is 5.75 Å². The molecule has 0 unspecified atom stereocenters. The van der Waals surface area contributed by atoms with Crippen molar-refractivity contribution in [3.63, 3.8) is 0 Å². The first-order valence-corrected chi connectivity index (χ1v) is 10.1. The van der Waals surface area contributed by atoms with Crippen molar-refractivity contribution in [1.29, 1.82) is 10.7 Å². The van der Waals surface area contributed by atoms with E-state index in [9.17, 15) is 0 Å². The Labute approximate surface area is 168 Å². The molecule has 1 atom stereocenters. The lowest BCUT2D eigenvalue weighted by atomic mass is 9.88. The van der Waals surface area contributed by atoms with Gasteiger partial charge in [-0.3, -0.25) is 0 Å². The highest BCUT2D eigenvalue weighted by Crippen LogP contribution is 2.36. The zero-order valence-electron chi connectivity index (χ0n) is 15.5. The van der Waals surface area contributed by atoms with Crippen molar-refractivity contribution >= 4 is 28.2 Å². The molecular formula is C22H20N4OS. The molecule has 1 aliphatic rings. The van der Waals surface area contributed by atoms with Crippen molar-refractivity contribution in [2.45, 2.75) is 32.3 Å². The molecule has 0 spiro atoms. The molecule has 2 aromatic carbocycles. The predicted octanol–water partition coefficient (Wildman–Crippen LogP) is 5.52. The maximum Gasteiger partial charge on any atom is 0.124 e. The van der Waals surface area contributed by atoms with Gasteiger partial charge in [-0.25, -0.2) is 4.98 Å². The number of ether oxygens (including phenoxy) is 1. The van der Waals surface area contributed by atoms with E-state index in [4.69, 9.17) is 15.4 Å². The van der Waals surface area contributed by atoms with Crippen LogP contribution in [0.2, 0.25) is 0 Å². The van der Waals surface area contributed by atoms with Gasteiger partial charge >= 0.3 is 0 Å². The van der Waals surface area contributed by atoms with Crippen LogP contribution < -0.4 is 10.1 Å². The molecular weight excluding hydrogens is 368 g/mol. The molecule has 0 saturated carbocycles. The number of rotatable bonds is 5. The van der Waals surface area contributed by atoms with Crippen molar-refractivity contribution in [2.75, 3.05) is 5.32 Å². The Morgan fingerprint density at radius 2 is 2.21 bits per heavy atom. The number of anilines is 2. The number of aryl methyl sites for hydroxylation is 2. The Morgan fingerprint density at radius 1 is 1.32 bits per heavy atom. The number of hydrogen-bond acceptors (Lipinski definition) is 6. The predicted molar refractivity (Wildman–Crippen MR) is 112 cm³/mol. The van der Waals surface area contributed by atoms with Gasteiger partial charge in [0.05, 0.1) is 28.5 Å². The monoisotopic (exact) mass is 388 g/mol. The van der Waals surface area contributed by atoms with Crippen molar-refractivity contribution in [3.05, 3.63) is 69.9 Å². The number of aromatic nitrogens is 1. The van der Waals surface area contributed by atoms with Crippen LogP contribution in [0.3, 0.4) is 0 Å².